The maximum Gasteiger partial charge on any atom is 0.416 e. The van der Waals surface area contributed by atoms with E-state index in [9.17, 15) is 31.1 Å². The summed E-state index contributed by atoms with van der Waals surface area (Å²) in [5, 5.41) is 0. The van der Waals surface area contributed by atoms with Gasteiger partial charge in [-0.05, 0) is 36.6 Å². The van der Waals surface area contributed by atoms with Gasteiger partial charge in [-0.3, -0.25) is 4.79 Å². The fourth-order valence-electron chi connectivity index (χ4n) is 2.02. The monoisotopic (exact) mass is 328 g/mol. The lowest BCUT2D eigenvalue weighted by atomic mass is 9.94. The highest BCUT2D eigenvalue weighted by atomic mass is 19.4. The lowest BCUT2D eigenvalue weighted by molar-refractivity contribution is -0.145. The van der Waals surface area contributed by atoms with Crippen LogP contribution in [0.15, 0.2) is 12.1 Å². The molecule has 0 radical (unpaired) electrons. The van der Waals surface area contributed by atoms with Crippen LogP contribution < -0.4 is 0 Å². The van der Waals surface area contributed by atoms with Gasteiger partial charge in [0.05, 0.1) is 24.2 Å². The predicted molar refractivity (Wildman–Crippen MR) is 66.2 cm³/mol. The van der Waals surface area contributed by atoms with Crippen molar-refractivity contribution < 1.29 is 35.9 Å². The molecule has 0 spiro atoms. The molecule has 22 heavy (non-hydrogen) atoms. The third-order valence-corrected chi connectivity index (χ3v) is 2.96. The number of esters is 1. The molecule has 0 aliphatic rings. The van der Waals surface area contributed by atoms with E-state index in [1.54, 1.807) is 0 Å². The van der Waals surface area contributed by atoms with E-state index in [0.29, 0.717) is 12.1 Å². The van der Waals surface area contributed by atoms with Gasteiger partial charge in [0, 0.05) is 0 Å². The Morgan fingerprint density at radius 1 is 0.955 bits per heavy atom. The Kier molecular flexibility index (Phi) is 5.48. The summed E-state index contributed by atoms with van der Waals surface area (Å²) in [6.45, 7) is 2.71. The van der Waals surface area contributed by atoms with Crippen LogP contribution in [0.25, 0.3) is 0 Å². The van der Waals surface area contributed by atoms with Crippen LogP contribution in [0.1, 0.15) is 36.1 Å². The van der Waals surface area contributed by atoms with Gasteiger partial charge in [-0.25, -0.2) is 0 Å². The molecule has 124 valence electrons. The minimum absolute atomic E-state index is 0.0701. The molecule has 0 amide bonds. The number of aryl methyl sites for hydroxylation is 1. The molecule has 0 saturated heterocycles. The predicted octanol–water partition coefficient (Wildman–Crippen LogP) is 4.39. The van der Waals surface area contributed by atoms with Crippen LogP contribution in [-0.4, -0.2) is 12.6 Å². The first-order valence-electron chi connectivity index (χ1n) is 6.46. The molecule has 0 saturated carbocycles. The fraction of sp³-hybridized carbons (Fsp3) is 0.500. The van der Waals surface area contributed by atoms with Crippen LogP contribution in [0.4, 0.5) is 26.3 Å². The topological polar surface area (TPSA) is 26.3 Å². The van der Waals surface area contributed by atoms with Crippen molar-refractivity contribution in [1.29, 1.82) is 0 Å². The molecule has 0 aromatic heterocycles. The lowest BCUT2D eigenvalue weighted by Crippen LogP contribution is -2.18. The summed E-state index contributed by atoms with van der Waals surface area (Å²) in [4.78, 5) is 11.3. The van der Waals surface area contributed by atoms with Gasteiger partial charge >= 0.3 is 18.3 Å². The van der Waals surface area contributed by atoms with Gasteiger partial charge in [0.2, 0.25) is 0 Å². The van der Waals surface area contributed by atoms with Crippen LogP contribution in [0.5, 0.6) is 0 Å². The average molecular weight is 328 g/mol. The molecule has 0 N–H and O–H groups in total. The van der Waals surface area contributed by atoms with E-state index >= 15 is 0 Å². The largest absolute Gasteiger partial charge is 0.466 e. The van der Waals surface area contributed by atoms with Crippen molar-refractivity contribution in [3.8, 4) is 0 Å². The number of halogens is 6. The normalized spacial score (nSPS) is 12.4. The summed E-state index contributed by atoms with van der Waals surface area (Å²) >= 11 is 0. The quantitative estimate of drug-likeness (QED) is 0.605. The van der Waals surface area contributed by atoms with Crippen molar-refractivity contribution in [3.63, 3.8) is 0 Å². The van der Waals surface area contributed by atoms with Gasteiger partial charge in [0.25, 0.3) is 0 Å². The van der Waals surface area contributed by atoms with Crippen LogP contribution in [0, 0.1) is 0 Å². The van der Waals surface area contributed by atoms with Crippen LogP contribution >= 0.6 is 0 Å². The van der Waals surface area contributed by atoms with Gasteiger partial charge in [0.15, 0.2) is 0 Å². The number of alkyl halides is 6. The van der Waals surface area contributed by atoms with E-state index in [2.05, 4.69) is 4.74 Å². The van der Waals surface area contributed by atoms with Crippen LogP contribution in [0.3, 0.4) is 0 Å². The summed E-state index contributed by atoms with van der Waals surface area (Å²) in [6, 6.07) is 0.843. The van der Waals surface area contributed by atoms with E-state index < -0.39 is 47.0 Å². The van der Waals surface area contributed by atoms with Crippen molar-refractivity contribution in [2.75, 3.05) is 6.61 Å². The molecule has 0 fully saturated rings. The molecule has 0 unspecified atom stereocenters. The van der Waals surface area contributed by atoms with E-state index in [1.165, 1.54) is 13.8 Å². The van der Waals surface area contributed by atoms with E-state index in [-0.39, 0.29) is 13.0 Å². The molecule has 0 atom stereocenters. The third-order valence-electron chi connectivity index (χ3n) is 2.96. The molecule has 0 aliphatic heterocycles. The second kappa shape index (κ2) is 6.58. The molecule has 1 aromatic rings. The number of carbonyl (C=O) groups excluding carboxylic acids is 1. The highest BCUT2D eigenvalue weighted by Gasteiger charge is 2.39. The third kappa shape index (κ3) is 4.38. The van der Waals surface area contributed by atoms with E-state index in [4.69, 9.17) is 0 Å². The Labute approximate surface area is 123 Å². The zero-order valence-corrected chi connectivity index (χ0v) is 11.9. The van der Waals surface area contributed by atoms with Gasteiger partial charge in [-0.2, -0.15) is 26.3 Å². The van der Waals surface area contributed by atoms with Gasteiger partial charge < -0.3 is 4.74 Å². The van der Waals surface area contributed by atoms with Crippen LogP contribution in [0.2, 0.25) is 0 Å². The molecule has 0 heterocycles. The highest BCUT2D eigenvalue weighted by molar-refractivity contribution is 5.73. The average Bonchev–Trinajstić information content (AvgIpc) is 2.36. The summed E-state index contributed by atoms with van der Waals surface area (Å²) in [7, 11) is 0. The highest BCUT2D eigenvalue weighted by Crippen LogP contribution is 2.39. The minimum Gasteiger partial charge on any atom is -0.466 e. The number of ether oxygens (including phenoxy) is 1. The summed E-state index contributed by atoms with van der Waals surface area (Å²) in [6.07, 6.45) is -10.7. The molecule has 0 aliphatic carbocycles. The molecule has 2 nitrogen and oxygen atoms in total. The zero-order valence-electron chi connectivity index (χ0n) is 11.9. The zero-order chi connectivity index (χ0) is 17.1. The summed E-state index contributed by atoms with van der Waals surface area (Å²) < 4.78 is 82.3. The Morgan fingerprint density at radius 2 is 1.41 bits per heavy atom. The number of carbonyl (C=O) groups is 1. The molecule has 1 rings (SSSR count). The van der Waals surface area contributed by atoms with Gasteiger partial charge in [-0.1, -0.05) is 6.92 Å². The Hall–Kier alpha value is -1.73. The first-order chi connectivity index (χ1) is 10.0. The Balaban J connectivity index is 3.46. The first kappa shape index (κ1) is 18.3. The van der Waals surface area contributed by atoms with Gasteiger partial charge in [-0.15, -0.1) is 0 Å². The van der Waals surface area contributed by atoms with Gasteiger partial charge in [0.1, 0.15) is 0 Å². The number of benzene rings is 1. The Morgan fingerprint density at radius 3 is 1.82 bits per heavy atom. The van der Waals surface area contributed by atoms with Crippen LogP contribution in [-0.2, 0) is 34.7 Å². The van der Waals surface area contributed by atoms with Crippen molar-refractivity contribution in [1.82, 2.24) is 0 Å². The molecule has 0 bridgehead atoms. The second-order valence-corrected chi connectivity index (χ2v) is 4.50. The number of rotatable bonds is 4. The number of hydrogen-bond acceptors (Lipinski definition) is 2. The molecular formula is C14H14F6O2. The van der Waals surface area contributed by atoms with Crippen molar-refractivity contribution in [3.05, 3.63) is 34.4 Å². The lowest BCUT2D eigenvalue weighted by Gasteiger charge is -2.19. The SMILES string of the molecule is CCOC(=O)Cc1cc(C(F)(F)F)c(CC)cc1C(F)(F)F. The van der Waals surface area contributed by atoms with Crippen molar-refractivity contribution in [2.24, 2.45) is 0 Å². The Bertz CT molecular complexity index is 545. The van der Waals surface area contributed by atoms with E-state index in [1.807, 2.05) is 0 Å². The maximum atomic E-state index is 13.0. The maximum absolute atomic E-state index is 13.0. The van der Waals surface area contributed by atoms with Crippen molar-refractivity contribution in [2.45, 2.75) is 39.0 Å². The summed E-state index contributed by atoms with van der Waals surface area (Å²) in [5.74, 6) is -1.01. The van der Waals surface area contributed by atoms with Crippen molar-refractivity contribution >= 4 is 5.97 Å². The smallest absolute Gasteiger partial charge is 0.416 e. The number of hydrogen-bond donors (Lipinski definition) is 0. The first-order valence-corrected chi connectivity index (χ1v) is 6.46. The standard InChI is InChI=1S/C14H14F6O2/c1-3-8-5-11(14(18,19)20)9(7-12(21)22-4-2)6-10(8)13(15,16)17/h5-6H,3-4,7H2,1-2H3. The van der Waals surface area contributed by atoms with E-state index in [0.717, 1.165) is 0 Å². The minimum atomic E-state index is -4.85. The second-order valence-electron chi connectivity index (χ2n) is 4.50. The molecule has 8 heteroatoms. The molecular weight excluding hydrogens is 314 g/mol. The summed E-state index contributed by atoms with van der Waals surface area (Å²) in [5.41, 5.74) is -3.62. The molecule has 1 aromatic carbocycles. The fourth-order valence-corrected chi connectivity index (χ4v) is 2.02.